The first-order valence-electron chi connectivity index (χ1n) is 16.2. The highest BCUT2D eigenvalue weighted by molar-refractivity contribution is 5.30. The standard InChI is InChI=1S/C35H58O/c1-3-5-7-9-11-14-30-17-19-32(20-18-30)16-13-29-36-35-27-25-34(26-28-35)33-23-21-31(22-24-33)15-12-10-8-6-4-2/h13,16,25-28,30-33H,3-12,14-15,17-24,29H2,1-2H3/b16-13+/t30-,31-,32-,33-. The summed E-state index contributed by atoms with van der Waals surface area (Å²) >= 11 is 0. The van der Waals surface area contributed by atoms with Crippen LogP contribution in [0.15, 0.2) is 36.4 Å². The number of unbranched alkanes of at least 4 members (excludes halogenated alkanes) is 8. The minimum absolute atomic E-state index is 0.708. The van der Waals surface area contributed by atoms with Crippen molar-refractivity contribution in [2.75, 3.05) is 6.61 Å². The van der Waals surface area contributed by atoms with Gasteiger partial charge in [-0.2, -0.15) is 0 Å². The monoisotopic (exact) mass is 494 g/mol. The Bertz CT molecular complexity index is 673. The maximum absolute atomic E-state index is 6.05. The van der Waals surface area contributed by atoms with Gasteiger partial charge < -0.3 is 4.74 Å². The number of benzene rings is 1. The molecule has 0 aromatic heterocycles. The van der Waals surface area contributed by atoms with Crippen LogP contribution < -0.4 is 4.74 Å². The molecule has 0 aliphatic heterocycles. The van der Waals surface area contributed by atoms with E-state index < -0.39 is 0 Å². The van der Waals surface area contributed by atoms with Gasteiger partial charge in [-0.15, -0.1) is 0 Å². The number of rotatable bonds is 17. The van der Waals surface area contributed by atoms with Crippen molar-refractivity contribution in [2.24, 2.45) is 17.8 Å². The number of hydrogen-bond acceptors (Lipinski definition) is 1. The molecule has 3 rings (SSSR count). The second-order valence-corrected chi connectivity index (χ2v) is 12.2. The highest BCUT2D eigenvalue weighted by Gasteiger charge is 2.22. The summed E-state index contributed by atoms with van der Waals surface area (Å²) in [5, 5.41) is 0. The summed E-state index contributed by atoms with van der Waals surface area (Å²) in [6.45, 7) is 5.32. The lowest BCUT2D eigenvalue weighted by Crippen LogP contribution is -2.13. The lowest BCUT2D eigenvalue weighted by molar-refractivity contribution is 0.287. The van der Waals surface area contributed by atoms with Gasteiger partial charge >= 0.3 is 0 Å². The van der Waals surface area contributed by atoms with E-state index >= 15 is 0 Å². The Morgan fingerprint density at radius 3 is 1.72 bits per heavy atom. The zero-order chi connectivity index (χ0) is 25.3. The molecule has 2 fully saturated rings. The van der Waals surface area contributed by atoms with Gasteiger partial charge in [-0.3, -0.25) is 0 Å². The van der Waals surface area contributed by atoms with Crippen LogP contribution in [-0.4, -0.2) is 6.61 Å². The quantitative estimate of drug-likeness (QED) is 0.154. The second kappa shape index (κ2) is 18.1. The average Bonchev–Trinajstić information content (AvgIpc) is 2.92. The molecule has 0 N–H and O–H groups in total. The van der Waals surface area contributed by atoms with Gasteiger partial charge in [-0.1, -0.05) is 115 Å². The summed E-state index contributed by atoms with van der Waals surface area (Å²) in [5.74, 6) is 4.55. The Labute approximate surface area is 224 Å². The fourth-order valence-corrected chi connectivity index (χ4v) is 6.76. The lowest BCUT2D eigenvalue weighted by atomic mass is 9.77. The van der Waals surface area contributed by atoms with Crippen molar-refractivity contribution in [3.8, 4) is 5.75 Å². The van der Waals surface area contributed by atoms with Crippen LogP contribution in [0, 0.1) is 17.8 Å². The fraction of sp³-hybridized carbons (Fsp3) is 0.771. The zero-order valence-corrected chi connectivity index (χ0v) is 24.0. The molecule has 0 heterocycles. The smallest absolute Gasteiger partial charge is 0.119 e. The molecule has 0 atom stereocenters. The molecule has 2 aliphatic rings. The Morgan fingerprint density at radius 2 is 1.17 bits per heavy atom. The number of hydrogen-bond donors (Lipinski definition) is 0. The number of allylic oxidation sites excluding steroid dienone is 1. The van der Waals surface area contributed by atoms with Gasteiger partial charge in [0.1, 0.15) is 12.4 Å². The third-order valence-electron chi connectivity index (χ3n) is 9.28. The molecule has 0 spiro atoms. The lowest BCUT2D eigenvalue weighted by Gasteiger charge is -2.29. The molecule has 1 aromatic rings. The van der Waals surface area contributed by atoms with E-state index in [0.29, 0.717) is 6.61 Å². The molecular formula is C35H58O. The molecule has 0 unspecified atom stereocenters. The second-order valence-electron chi connectivity index (χ2n) is 12.2. The molecule has 0 saturated heterocycles. The molecule has 0 radical (unpaired) electrons. The van der Waals surface area contributed by atoms with E-state index in [4.69, 9.17) is 4.74 Å². The van der Waals surface area contributed by atoms with Gasteiger partial charge in [0.2, 0.25) is 0 Å². The molecule has 1 nitrogen and oxygen atoms in total. The molecule has 2 aliphatic carbocycles. The SMILES string of the molecule is CCCCCCC[C@H]1CC[C@H](/C=C/COc2ccc([C@H]3CC[C@H](CCCCCCC)CC3)cc2)CC1. The molecule has 2 saturated carbocycles. The minimum Gasteiger partial charge on any atom is -0.490 e. The van der Waals surface area contributed by atoms with E-state index in [2.05, 4.69) is 50.3 Å². The molecular weight excluding hydrogens is 436 g/mol. The number of ether oxygens (including phenoxy) is 1. The summed E-state index contributed by atoms with van der Waals surface area (Å²) in [4.78, 5) is 0. The van der Waals surface area contributed by atoms with Crippen LogP contribution in [0.5, 0.6) is 5.75 Å². The van der Waals surface area contributed by atoms with Gasteiger partial charge in [0.25, 0.3) is 0 Å². The Hall–Kier alpha value is -1.24. The first kappa shape index (κ1) is 29.3. The van der Waals surface area contributed by atoms with Gasteiger partial charge in [0.15, 0.2) is 0 Å². The Morgan fingerprint density at radius 1 is 0.639 bits per heavy atom. The summed E-state index contributed by atoms with van der Waals surface area (Å²) < 4.78 is 6.05. The molecule has 36 heavy (non-hydrogen) atoms. The van der Waals surface area contributed by atoms with E-state index in [1.165, 1.54) is 134 Å². The normalized spacial score (nSPS) is 24.8. The molecule has 1 aromatic carbocycles. The van der Waals surface area contributed by atoms with E-state index in [9.17, 15) is 0 Å². The first-order valence-corrected chi connectivity index (χ1v) is 16.2. The predicted molar refractivity (Wildman–Crippen MR) is 158 cm³/mol. The Kier molecular flexibility index (Phi) is 14.7. The van der Waals surface area contributed by atoms with Crippen molar-refractivity contribution in [1.29, 1.82) is 0 Å². The van der Waals surface area contributed by atoms with E-state index in [0.717, 1.165) is 29.4 Å². The van der Waals surface area contributed by atoms with E-state index in [1.54, 1.807) is 0 Å². The molecule has 1 heteroatoms. The zero-order valence-electron chi connectivity index (χ0n) is 24.0. The summed E-state index contributed by atoms with van der Waals surface area (Å²) in [5.41, 5.74) is 1.53. The predicted octanol–water partition coefficient (Wildman–Crippen LogP) is 11.4. The van der Waals surface area contributed by atoms with Crippen molar-refractivity contribution < 1.29 is 4.74 Å². The van der Waals surface area contributed by atoms with Gasteiger partial charge in [0.05, 0.1) is 0 Å². The van der Waals surface area contributed by atoms with Gasteiger partial charge in [0, 0.05) is 0 Å². The average molecular weight is 495 g/mol. The largest absolute Gasteiger partial charge is 0.490 e. The molecule has 0 bridgehead atoms. The van der Waals surface area contributed by atoms with E-state index in [1.807, 2.05) is 0 Å². The summed E-state index contributed by atoms with van der Waals surface area (Å²) in [6, 6.07) is 9.07. The minimum atomic E-state index is 0.708. The van der Waals surface area contributed by atoms with Crippen LogP contribution in [0.4, 0.5) is 0 Å². The highest BCUT2D eigenvalue weighted by atomic mass is 16.5. The fourth-order valence-electron chi connectivity index (χ4n) is 6.76. The van der Waals surface area contributed by atoms with Crippen LogP contribution in [0.2, 0.25) is 0 Å². The highest BCUT2D eigenvalue weighted by Crippen LogP contribution is 2.38. The Balaban J connectivity index is 1.25. The topological polar surface area (TPSA) is 9.23 Å². The van der Waals surface area contributed by atoms with Crippen LogP contribution in [0.25, 0.3) is 0 Å². The van der Waals surface area contributed by atoms with Crippen molar-refractivity contribution in [3.63, 3.8) is 0 Å². The third-order valence-corrected chi connectivity index (χ3v) is 9.28. The summed E-state index contributed by atoms with van der Waals surface area (Å²) in [7, 11) is 0. The molecule has 204 valence electrons. The van der Waals surface area contributed by atoms with Crippen molar-refractivity contribution in [3.05, 3.63) is 42.0 Å². The van der Waals surface area contributed by atoms with Crippen LogP contribution in [0.1, 0.15) is 154 Å². The van der Waals surface area contributed by atoms with Crippen LogP contribution >= 0.6 is 0 Å². The van der Waals surface area contributed by atoms with Crippen LogP contribution in [0.3, 0.4) is 0 Å². The maximum Gasteiger partial charge on any atom is 0.119 e. The first-order chi connectivity index (χ1) is 17.8. The van der Waals surface area contributed by atoms with Crippen molar-refractivity contribution in [1.82, 2.24) is 0 Å². The maximum atomic E-state index is 6.05. The van der Waals surface area contributed by atoms with Crippen LogP contribution in [-0.2, 0) is 0 Å². The van der Waals surface area contributed by atoms with Crippen molar-refractivity contribution >= 4 is 0 Å². The summed E-state index contributed by atoms with van der Waals surface area (Å²) in [6.07, 6.45) is 33.2. The van der Waals surface area contributed by atoms with Gasteiger partial charge in [-0.25, -0.2) is 0 Å². The molecule has 0 amide bonds. The third kappa shape index (κ3) is 11.4. The van der Waals surface area contributed by atoms with Crippen molar-refractivity contribution in [2.45, 2.75) is 148 Å². The van der Waals surface area contributed by atoms with Gasteiger partial charge in [-0.05, 0) is 92.7 Å². The van der Waals surface area contributed by atoms with E-state index in [-0.39, 0.29) is 0 Å².